The smallest absolute Gasteiger partial charge is 0.278 e. The fourth-order valence-electron chi connectivity index (χ4n) is 0.758. The van der Waals surface area contributed by atoms with Gasteiger partial charge in [-0.05, 0) is 22.6 Å². The quantitative estimate of drug-likeness (QED) is 0.803. The lowest BCUT2D eigenvalue weighted by Crippen LogP contribution is -2.11. The maximum absolute atomic E-state index is 12.1. The highest BCUT2D eigenvalue weighted by Gasteiger charge is 2.12. The zero-order chi connectivity index (χ0) is 10.0. The molecule has 0 radical (unpaired) electrons. The molecular weight excluding hydrogens is 293 g/mol. The molecule has 13 heavy (non-hydrogen) atoms. The van der Waals surface area contributed by atoms with E-state index in [2.05, 4.69) is 4.98 Å². The van der Waals surface area contributed by atoms with Crippen LogP contribution in [0.1, 0.15) is 17.8 Å². The summed E-state index contributed by atoms with van der Waals surface area (Å²) in [6.45, 7) is 0. The number of H-pyrrole nitrogens is 1. The highest BCUT2D eigenvalue weighted by Crippen LogP contribution is 2.16. The number of alkyl halides is 2. The summed E-state index contributed by atoms with van der Waals surface area (Å²) in [6.07, 6.45) is -2.77. The Morgan fingerprint density at radius 2 is 2.23 bits per heavy atom. The van der Waals surface area contributed by atoms with E-state index in [0.717, 1.165) is 6.07 Å². The SMILES string of the molecule is N#Cc1[nH]c(C(F)F)cc(=O)c1I. The number of aromatic amines is 1. The average molecular weight is 296 g/mol. The van der Waals surface area contributed by atoms with Crippen LogP contribution in [0.25, 0.3) is 0 Å². The summed E-state index contributed by atoms with van der Waals surface area (Å²) in [5, 5.41) is 8.48. The highest BCUT2D eigenvalue weighted by molar-refractivity contribution is 14.1. The minimum Gasteiger partial charge on any atom is -0.344 e. The van der Waals surface area contributed by atoms with E-state index < -0.39 is 17.5 Å². The van der Waals surface area contributed by atoms with Gasteiger partial charge in [0.05, 0.1) is 9.26 Å². The lowest BCUT2D eigenvalue weighted by atomic mass is 10.3. The standard InChI is InChI=1S/C7H3F2IN2O/c8-7(9)3-1-5(13)6(10)4(2-11)12-3/h1,7H,(H,12,13). The molecule has 3 nitrogen and oxygen atoms in total. The van der Waals surface area contributed by atoms with Crippen LogP contribution in [0, 0.1) is 14.9 Å². The molecule has 1 aromatic heterocycles. The van der Waals surface area contributed by atoms with Crippen molar-refractivity contribution < 1.29 is 8.78 Å². The molecule has 0 saturated heterocycles. The molecule has 0 aliphatic rings. The van der Waals surface area contributed by atoms with Crippen LogP contribution < -0.4 is 5.43 Å². The lowest BCUT2D eigenvalue weighted by Gasteiger charge is -2.00. The van der Waals surface area contributed by atoms with E-state index in [4.69, 9.17) is 5.26 Å². The molecule has 1 N–H and O–H groups in total. The fraction of sp³-hybridized carbons (Fsp3) is 0.143. The molecule has 0 aromatic carbocycles. The zero-order valence-corrected chi connectivity index (χ0v) is 8.30. The van der Waals surface area contributed by atoms with Crippen molar-refractivity contribution in [2.24, 2.45) is 0 Å². The fourth-order valence-corrected chi connectivity index (χ4v) is 1.17. The van der Waals surface area contributed by atoms with Crippen LogP contribution >= 0.6 is 22.6 Å². The second kappa shape index (κ2) is 3.83. The number of rotatable bonds is 1. The summed E-state index contributed by atoms with van der Waals surface area (Å²) in [5.41, 5.74) is -1.21. The molecule has 1 aromatic rings. The Bertz CT molecular complexity index is 421. The van der Waals surface area contributed by atoms with Crippen LogP contribution in [0.3, 0.4) is 0 Å². The van der Waals surface area contributed by atoms with Gasteiger partial charge in [-0.1, -0.05) is 0 Å². The molecule has 0 amide bonds. The van der Waals surface area contributed by atoms with Crippen LogP contribution in [0.15, 0.2) is 10.9 Å². The van der Waals surface area contributed by atoms with Gasteiger partial charge in [0.2, 0.25) is 0 Å². The number of nitrogens with zero attached hydrogens (tertiary/aromatic N) is 1. The number of pyridine rings is 1. The van der Waals surface area contributed by atoms with Crippen molar-refractivity contribution in [3.05, 3.63) is 31.2 Å². The minimum atomic E-state index is -2.77. The van der Waals surface area contributed by atoms with Gasteiger partial charge in [0, 0.05) is 6.07 Å². The lowest BCUT2D eigenvalue weighted by molar-refractivity contribution is 0.146. The van der Waals surface area contributed by atoms with Gasteiger partial charge in [-0.15, -0.1) is 0 Å². The molecule has 0 atom stereocenters. The molecule has 6 heteroatoms. The first-order valence-corrected chi connectivity index (χ1v) is 4.25. The third kappa shape index (κ3) is 2.03. The van der Waals surface area contributed by atoms with Crippen molar-refractivity contribution in [2.45, 2.75) is 6.43 Å². The summed E-state index contributed by atoms with van der Waals surface area (Å²) in [5.74, 6) is 0. The van der Waals surface area contributed by atoms with Crippen LogP contribution in [0.4, 0.5) is 8.78 Å². The maximum atomic E-state index is 12.1. The van der Waals surface area contributed by atoms with E-state index in [1.165, 1.54) is 0 Å². The molecule has 0 unspecified atom stereocenters. The highest BCUT2D eigenvalue weighted by atomic mass is 127. The van der Waals surface area contributed by atoms with Gasteiger partial charge in [0.25, 0.3) is 6.43 Å². The second-order valence-electron chi connectivity index (χ2n) is 2.19. The Hall–Kier alpha value is -0.970. The number of nitriles is 1. The van der Waals surface area contributed by atoms with Crippen molar-refractivity contribution in [1.82, 2.24) is 4.98 Å². The van der Waals surface area contributed by atoms with E-state index in [-0.39, 0.29) is 9.26 Å². The van der Waals surface area contributed by atoms with Crippen molar-refractivity contribution in [1.29, 1.82) is 5.26 Å². The predicted molar refractivity (Wildman–Crippen MR) is 49.5 cm³/mol. The third-order valence-corrected chi connectivity index (χ3v) is 2.41. The molecule has 0 fully saturated rings. The van der Waals surface area contributed by atoms with Gasteiger partial charge in [0.15, 0.2) is 5.43 Å². The summed E-state index contributed by atoms with van der Waals surface area (Å²) in [4.78, 5) is 13.2. The Morgan fingerprint density at radius 3 is 2.69 bits per heavy atom. The molecule has 1 heterocycles. The molecule has 0 spiro atoms. The van der Waals surface area contributed by atoms with Crippen LogP contribution in [0.5, 0.6) is 0 Å². The largest absolute Gasteiger partial charge is 0.344 e. The molecule has 0 aliphatic carbocycles. The first-order valence-electron chi connectivity index (χ1n) is 3.17. The number of hydrogen-bond acceptors (Lipinski definition) is 2. The number of aromatic nitrogens is 1. The minimum absolute atomic E-state index is 0.122. The summed E-state index contributed by atoms with van der Waals surface area (Å²) >= 11 is 1.63. The zero-order valence-electron chi connectivity index (χ0n) is 6.14. The molecular formula is C7H3F2IN2O. The first kappa shape index (κ1) is 10.1. The van der Waals surface area contributed by atoms with Gasteiger partial charge >= 0.3 is 0 Å². The van der Waals surface area contributed by atoms with Crippen LogP contribution in [-0.2, 0) is 0 Å². The Balaban J connectivity index is 3.42. The summed E-state index contributed by atoms with van der Waals surface area (Å²) < 4.78 is 24.4. The average Bonchev–Trinajstić information content (AvgIpc) is 2.09. The van der Waals surface area contributed by atoms with Gasteiger partial charge < -0.3 is 4.98 Å². The second-order valence-corrected chi connectivity index (χ2v) is 3.27. The van der Waals surface area contributed by atoms with E-state index in [1.807, 2.05) is 0 Å². The van der Waals surface area contributed by atoms with E-state index in [1.54, 1.807) is 28.7 Å². The van der Waals surface area contributed by atoms with E-state index in [9.17, 15) is 13.6 Å². The van der Waals surface area contributed by atoms with Crippen molar-refractivity contribution in [2.75, 3.05) is 0 Å². The van der Waals surface area contributed by atoms with Crippen molar-refractivity contribution >= 4 is 22.6 Å². The third-order valence-electron chi connectivity index (χ3n) is 1.34. The monoisotopic (exact) mass is 296 g/mol. The number of hydrogen-bond donors (Lipinski definition) is 1. The molecule has 0 bridgehead atoms. The van der Waals surface area contributed by atoms with Gasteiger partial charge in [-0.25, -0.2) is 8.78 Å². The Labute approximate surface area is 85.5 Å². The van der Waals surface area contributed by atoms with E-state index >= 15 is 0 Å². The first-order chi connectivity index (χ1) is 6.06. The van der Waals surface area contributed by atoms with Gasteiger partial charge in [0.1, 0.15) is 11.8 Å². The predicted octanol–water partition coefficient (Wildman–Crippen LogP) is 1.79. The van der Waals surface area contributed by atoms with Gasteiger partial charge in [-0.3, -0.25) is 4.79 Å². The molecule has 68 valence electrons. The number of nitrogens with one attached hydrogen (secondary N) is 1. The Kier molecular flexibility index (Phi) is 2.98. The van der Waals surface area contributed by atoms with E-state index in [0.29, 0.717) is 0 Å². The topological polar surface area (TPSA) is 56.6 Å². The maximum Gasteiger partial charge on any atom is 0.278 e. The normalized spacial score (nSPS) is 10.1. The molecule has 0 saturated carbocycles. The van der Waals surface area contributed by atoms with Gasteiger partial charge in [-0.2, -0.15) is 5.26 Å². The summed E-state index contributed by atoms with van der Waals surface area (Å²) in [7, 11) is 0. The summed E-state index contributed by atoms with van der Waals surface area (Å²) in [6, 6.07) is 2.43. The molecule has 1 rings (SSSR count). The van der Waals surface area contributed by atoms with Crippen molar-refractivity contribution in [3.8, 4) is 6.07 Å². The molecule has 0 aliphatic heterocycles. The Morgan fingerprint density at radius 1 is 1.62 bits per heavy atom. The van der Waals surface area contributed by atoms with Crippen LogP contribution in [0.2, 0.25) is 0 Å². The van der Waals surface area contributed by atoms with Crippen LogP contribution in [-0.4, -0.2) is 4.98 Å². The van der Waals surface area contributed by atoms with Crippen molar-refractivity contribution in [3.63, 3.8) is 0 Å². The number of halogens is 3.